The molecule has 0 unspecified atom stereocenters. The molecule has 0 bridgehead atoms. The third kappa shape index (κ3) is 1.87. The maximum atomic E-state index is 9.03. The van der Waals surface area contributed by atoms with Crippen LogP contribution < -0.4 is 4.90 Å². The van der Waals surface area contributed by atoms with Crippen molar-refractivity contribution in [1.82, 2.24) is 4.98 Å². The van der Waals surface area contributed by atoms with Gasteiger partial charge in [0.2, 0.25) is 0 Å². The summed E-state index contributed by atoms with van der Waals surface area (Å²) in [5, 5.41) is 9.03. The Morgan fingerprint density at radius 3 is 3.00 bits per heavy atom. The molecule has 2 heterocycles. The van der Waals surface area contributed by atoms with Gasteiger partial charge in [0.15, 0.2) is 0 Å². The van der Waals surface area contributed by atoms with Gasteiger partial charge in [0.05, 0.1) is 0 Å². The molecule has 3 nitrogen and oxygen atoms in total. The van der Waals surface area contributed by atoms with Crippen LogP contribution in [0.15, 0.2) is 18.3 Å². The van der Waals surface area contributed by atoms with E-state index >= 15 is 0 Å². The van der Waals surface area contributed by atoms with Crippen molar-refractivity contribution in [3.63, 3.8) is 0 Å². The number of aryl methyl sites for hydroxylation is 1. The zero-order chi connectivity index (χ0) is 9.97. The molecule has 2 rings (SSSR count). The molecular weight excluding hydrogens is 176 g/mol. The van der Waals surface area contributed by atoms with Crippen molar-refractivity contribution in [1.29, 1.82) is 0 Å². The lowest BCUT2D eigenvalue weighted by atomic mass is 10.1. The molecular formula is C11H16N2O. The number of aromatic nitrogens is 1. The van der Waals surface area contributed by atoms with Gasteiger partial charge in [-0.15, -0.1) is 0 Å². The highest BCUT2D eigenvalue weighted by atomic mass is 16.3. The van der Waals surface area contributed by atoms with Gasteiger partial charge < -0.3 is 10.0 Å². The lowest BCUT2D eigenvalue weighted by Crippen LogP contribution is -2.21. The lowest BCUT2D eigenvalue weighted by Gasteiger charge is -2.16. The predicted molar refractivity (Wildman–Crippen MR) is 56.4 cm³/mol. The number of aliphatic hydroxyl groups excluding tert-OH is 1. The number of nitrogens with zero attached hydrogens (tertiary/aromatic N) is 2. The summed E-state index contributed by atoms with van der Waals surface area (Å²) < 4.78 is 0. The van der Waals surface area contributed by atoms with E-state index in [1.807, 2.05) is 13.1 Å². The third-order valence-electron chi connectivity index (χ3n) is 2.76. The Hall–Kier alpha value is -1.09. The molecule has 1 aliphatic heterocycles. The summed E-state index contributed by atoms with van der Waals surface area (Å²) in [5.41, 5.74) is 1.19. The van der Waals surface area contributed by atoms with Gasteiger partial charge in [-0.1, -0.05) is 6.07 Å². The van der Waals surface area contributed by atoms with E-state index in [1.165, 1.54) is 5.56 Å². The maximum absolute atomic E-state index is 9.03. The highest BCUT2D eigenvalue weighted by Gasteiger charge is 2.22. The first-order valence-electron chi connectivity index (χ1n) is 5.08. The number of anilines is 1. The minimum Gasteiger partial charge on any atom is -0.396 e. The van der Waals surface area contributed by atoms with Crippen molar-refractivity contribution < 1.29 is 5.11 Å². The predicted octanol–water partition coefficient (Wildman–Crippen LogP) is 1.21. The Morgan fingerprint density at radius 1 is 1.57 bits per heavy atom. The van der Waals surface area contributed by atoms with Gasteiger partial charge >= 0.3 is 0 Å². The highest BCUT2D eigenvalue weighted by molar-refractivity contribution is 5.40. The first kappa shape index (κ1) is 9.46. The molecule has 1 aromatic rings. The van der Waals surface area contributed by atoms with Crippen LogP contribution in [-0.4, -0.2) is 29.8 Å². The second-order valence-electron chi connectivity index (χ2n) is 3.98. The van der Waals surface area contributed by atoms with Crippen LogP contribution in [0.5, 0.6) is 0 Å². The Bertz CT molecular complexity index is 297. The monoisotopic (exact) mass is 192 g/mol. The van der Waals surface area contributed by atoms with Crippen molar-refractivity contribution in [3.05, 3.63) is 23.9 Å². The normalized spacial score (nSPS) is 21.6. The summed E-state index contributed by atoms with van der Waals surface area (Å²) in [4.78, 5) is 6.61. The van der Waals surface area contributed by atoms with E-state index in [1.54, 1.807) is 0 Å². The minimum absolute atomic E-state index is 0.294. The summed E-state index contributed by atoms with van der Waals surface area (Å²) in [6, 6.07) is 4.13. The Labute approximate surface area is 84.4 Å². The van der Waals surface area contributed by atoms with Gasteiger partial charge in [0.25, 0.3) is 0 Å². The molecule has 0 spiro atoms. The molecule has 0 saturated carbocycles. The van der Waals surface area contributed by atoms with E-state index in [0.29, 0.717) is 12.5 Å². The quantitative estimate of drug-likeness (QED) is 0.765. The molecule has 1 saturated heterocycles. The standard InChI is InChI=1S/C11H16N2O/c1-9-2-3-11(12-6-9)13-5-4-10(7-13)8-14/h2-3,6,10,14H,4-5,7-8H2,1H3/t10-/m0/s1. The zero-order valence-corrected chi connectivity index (χ0v) is 8.48. The molecule has 14 heavy (non-hydrogen) atoms. The van der Waals surface area contributed by atoms with E-state index in [9.17, 15) is 0 Å². The summed E-state index contributed by atoms with van der Waals surface area (Å²) in [6.07, 6.45) is 2.97. The van der Waals surface area contributed by atoms with Crippen LogP contribution in [-0.2, 0) is 0 Å². The number of hydrogen-bond acceptors (Lipinski definition) is 3. The SMILES string of the molecule is Cc1ccc(N2CC[C@H](CO)C2)nc1. The molecule has 0 amide bonds. The fourth-order valence-electron chi connectivity index (χ4n) is 1.84. The molecule has 0 aromatic carbocycles. The summed E-state index contributed by atoms with van der Waals surface area (Å²) in [7, 11) is 0. The molecule has 1 N–H and O–H groups in total. The zero-order valence-electron chi connectivity index (χ0n) is 8.48. The smallest absolute Gasteiger partial charge is 0.128 e. The van der Waals surface area contributed by atoms with Crippen LogP contribution in [0.4, 0.5) is 5.82 Å². The lowest BCUT2D eigenvalue weighted by molar-refractivity contribution is 0.238. The van der Waals surface area contributed by atoms with Gasteiger partial charge in [-0.3, -0.25) is 0 Å². The van der Waals surface area contributed by atoms with E-state index in [2.05, 4.69) is 22.0 Å². The molecule has 0 aliphatic carbocycles. The molecule has 76 valence electrons. The molecule has 1 aliphatic rings. The number of hydrogen-bond donors (Lipinski definition) is 1. The fourth-order valence-corrected chi connectivity index (χ4v) is 1.84. The topological polar surface area (TPSA) is 36.4 Å². The van der Waals surface area contributed by atoms with Crippen molar-refractivity contribution in [2.45, 2.75) is 13.3 Å². The fraction of sp³-hybridized carbons (Fsp3) is 0.545. The second-order valence-corrected chi connectivity index (χ2v) is 3.98. The Balaban J connectivity index is 2.06. The number of aliphatic hydroxyl groups is 1. The Morgan fingerprint density at radius 2 is 2.43 bits per heavy atom. The van der Waals surface area contributed by atoms with Gasteiger partial charge in [0.1, 0.15) is 5.82 Å². The van der Waals surface area contributed by atoms with Crippen LogP contribution in [0.2, 0.25) is 0 Å². The van der Waals surface area contributed by atoms with Crippen molar-refractivity contribution in [2.75, 3.05) is 24.6 Å². The first-order valence-corrected chi connectivity index (χ1v) is 5.08. The van der Waals surface area contributed by atoms with Gasteiger partial charge in [-0.05, 0) is 25.0 Å². The minimum atomic E-state index is 0.294. The average Bonchev–Trinajstić information content (AvgIpc) is 2.67. The number of rotatable bonds is 2. The van der Waals surface area contributed by atoms with E-state index in [4.69, 9.17) is 5.11 Å². The second kappa shape index (κ2) is 3.96. The van der Waals surface area contributed by atoms with Gasteiger partial charge in [-0.25, -0.2) is 4.98 Å². The van der Waals surface area contributed by atoms with Crippen LogP contribution >= 0.6 is 0 Å². The summed E-state index contributed by atoms with van der Waals surface area (Å²) >= 11 is 0. The van der Waals surface area contributed by atoms with Crippen molar-refractivity contribution in [2.24, 2.45) is 5.92 Å². The summed E-state index contributed by atoms with van der Waals surface area (Å²) in [5.74, 6) is 1.46. The largest absolute Gasteiger partial charge is 0.396 e. The van der Waals surface area contributed by atoms with Gasteiger partial charge in [-0.2, -0.15) is 0 Å². The van der Waals surface area contributed by atoms with E-state index < -0.39 is 0 Å². The number of pyridine rings is 1. The van der Waals surface area contributed by atoms with E-state index in [0.717, 1.165) is 25.3 Å². The third-order valence-corrected chi connectivity index (χ3v) is 2.76. The van der Waals surface area contributed by atoms with Crippen LogP contribution in [0.25, 0.3) is 0 Å². The van der Waals surface area contributed by atoms with Crippen molar-refractivity contribution >= 4 is 5.82 Å². The first-order chi connectivity index (χ1) is 6.79. The molecule has 1 fully saturated rings. The summed E-state index contributed by atoms with van der Waals surface area (Å²) in [6.45, 7) is 4.29. The van der Waals surface area contributed by atoms with Gasteiger partial charge in [0, 0.05) is 31.8 Å². The molecule has 3 heteroatoms. The molecule has 1 aromatic heterocycles. The Kier molecular flexibility index (Phi) is 2.68. The average molecular weight is 192 g/mol. The van der Waals surface area contributed by atoms with Crippen molar-refractivity contribution in [3.8, 4) is 0 Å². The highest BCUT2D eigenvalue weighted by Crippen LogP contribution is 2.21. The van der Waals surface area contributed by atoms with Crippen LogP contribution in [0.3, 0.4) is 0 Å². The maximum Gasteiger partial charge on any atom is 0.128 e. The molecule has 0 radical (unpaired) electrons. The van der Waals surface area contributed by atoms with E-state index in [-0.39, 0.29) is 0 Å². The van der Waals surface area contributed by atoms with Crippen LogP contribution in [0, 0.1) is 12.8 Å². The molecule has 1 atom stereocenters. The van der Waals surface area contributed by atoms with Crippen LogP contribution in [0.1, 0.15) is 12.0 Å².